The van der Waals surface area contributed by atoms with E-state index < -0.39 is 10.0 Å². The van der Waals surface area contributed by atoms with Crippen LogP contribution in [0.15, 0.2) is 35.2 Å². The SMILES string of the molecule is COc1ccc(OC)c(S(=O)(=O)N2CCc3cc(OC)c(OC)cc3[C@@H]2C)c1. The topological polar surface area (TPSA) is 74.3 Å². The van der Waals surface area contributed by atoms with Crippen molar-refractivity contribution in [2.45, 2.75) is 24.3 Å². The van der Waals surface area contributed by atoms with E-state index in [1.54, 1.807) is 26.4 Å². The molecule has 28 heavy (non-hydrogen) atoms. The summed E-state index contributed by atoms with van der Waals surface area (Å²) in [5.74, 6) is 1.95. The lowest BCUT2D eigenvalue weighted by Crippen LogP contribution is -2.39. The molecule has 0 aliphatic carbocycles. The minimum Gasteiger partial charge on any atom is -0.497 e. The quantitative estimate of drug-likeness (QED) is 0.733. The number of sulfonamides is 1. The first-order chi connectivity index (χ1) is 13.4. The Morgan fingerprint density at radius 1 is 0.893 bits per heavy atom. The van der Waals surface area contributed by atoms with E-state index in [9.17, 15) is 8.42 Å². The third kappa shape index (κ3) is 3.38. The second kappa shape index (κ2) is 7.89. The van der Waals surface area contributed by atoms with Gasteiger partial charge < -0.3 is 18.9 Å². The molecule has 0 N–H and O–H groups in total. The summed E-state index contributed by atoms with van der Waals surface area (Å²) < 4.78 is 49.7. The van der Waals surface area contributed by atoms with Crippen LogP contribution in [0.3, 0.4) is 0 Å². The van der Waals surface area contributed by atoms with Crippen LogP contribution in [0.25, 0.3) is 0 Å². The standard InChI is InChI=1S/C20H25NO6S/c1-13-16-12-19(27-5)18(26-4)10-14(16)8-9-21(13)28(22,23)20-11-15(24-2)6-7-17(20)25-3/h6-7,10-13H,8-9H2,1-5H3/t13-/m0/s1. The van der Waals surface area contributed by atoms with E-state index in [1.165, 1.54) is 24.6 Å². The van der Waals surface area contributed by atoms with Gasteiger partial charge in [-0.3, -0.25) is 0 Å². The predicted molar refractivity (Wildman–Crippen MR) is 105 cm³/mol. The van der Waals surface area contributed by atoms with E-state index in [0.29, 0.717) is 30.2 Å². The Morgan fingerprint density at radius 2 is 1.54 bits per heavy atom. The Bertz CT molecular complexity index is 973. The van der Waals surface area contributed by atoms with Crippen LogP contribution in [0.4, 0.5) is 0 Å². The van der Waals surface area contributed by atoms with Crippen LogP contribution in [0.2, 0.25) is 0 Å². The molecule has 1 aliphatic heterocycles. The Balaban J connectivity index is 2.06. The number of fused-ring (bicyclic) bond motifs is 1. The predicted octanol–water partition coefficient (Wildman–Crippen LogP) is 3.03. The first kappa shape index (κ1) is 20.3. The first-order valence-electron chi connectivity index (χ1n) is 8.86. The number of hydrogen-bond donors (Lipinski definition) is 0. The maximum absolute atomic E-state index is 13.5. The summed E-state index contributed by atoms with van der Waals surface area (Å²) in [4.78, 5) is 0.0881. The number of ether oxygens (including phenoxy) is 4. The third-order valence-electron chi connectivity index (χ3n) is 5.09. The van der Waals surface area contributed by atoms with Gasteiger partial charge in [-0.25, -0.2) is 8.42 Å². The summed E-state index contributed by atoms with van der Waals surface area (Å²) in [5.41, 5.74) is 1.95. The normalized spacial score (nSPS) is 17.0. The van der Waals surface area contributed by atoms with Gasteiger partial charge in [0.15, 0.2) is 11.5 Å². The molecule has 0 saturated heterocycles. The molecule has 8 heteroatoms. The summed E-state index contributed by atoms with van der Waals surface area (Å²) in [5, 5.41) is 0. The van der Waals surface area contributed by atoms with Gasteiger partial charge in [0, 0.05) is 18.7 Å². The van der Waals surface area contributed by atoms with Crippen LogP contribution in [-0.4, -0.2) is 47.7 Å². The highest BCUT2D eigenvalue weighted by Gasteiger charge is 2.36. The minimum absolute atomic E-state index is 0.0881. The largest absolute Gasteiger partial charge is 0.497 e. The molecular formula is C20H25NO6S. The molecule has 1 heterocycles. The fraction of sp³-hybridized carbons (Fsp3) is 0.400. The molecular weight excluding hydrogens is 382 g/mol. The highest BCUT2D eigenvalue weighted by Crippen LogP contribution is 2.41. The van der Waals surface area contributed by atoms with E-state index in [1.807, 2.05) is 19.1 Å². The molecule has 0 unspecified atom stereocenters. The second-order valence-electron chi connectivity index (χ2n) is 6.46. The zero-order valence-corrected chi connectivity index (χ0v) is 17.5. The number of rotatable bonds is 6. The van der Waals surface area contributed by atoms with Crippen LogP contribution in [0, 0.1) is 0 Å². The lowest BCUT2D eigenvalue weighted by Gasteiger charge is -2.35. The van der Waals surface area contributed by atoms with Gasteiger partial charge in [0.05, 0.1) is 28.4 Å². The summed E-state index contributed by atoms with van der Waals surface area (Å²) in [7, 11) is 2.29. The van der Waals surface area contributed by atoms with Gasteiger partial charge in [-0.2, -0.15) is 4.31 Å². The van der Waals surface area contributed by atoms with Crippen molar-refractivity contribution >= 4 is 10.0 Å². The average molecular weight is 407 g/mol. The van der Waals surface area contributed by atoms with Gasteiger partial charge in [-0.05, 0) is 48.7 Å². The number of nitrogens with zero attached hydrogens (tertiary/aromatic N) is 1. The van der Waals surface area contributed by atoms with Gasteiger partial charge in [-0.15, -0.1) is 0 Å². The third-order valence-corrected chi connectivity index (χ3v) is 7.08. The molecule has 0 saturated carbocycles. The van der Waals surface area contributed by atoms with Gasteiger partial charge in [0.2, 0.25) is 10.0 Å². The molecule has 0 radical (unpaired) electrons. The zero-order valence-electron chi connectivity index (χ0n) is 16.7. The molecule has 2 aromatic rings. The van der Waals surface area contributed by atoms with Crippen molar-refractivity contribution < 1.29 is 27.4 Å². The molecule has 0 fully saturated rings. The van der Waals surface area contributed by atoms with Gasteiger partial charge in [0.25, 0.3) is 0 Å². The molecule has 0 aromatic heterocycles. The summed E-state index contributed by atoms with van der Waals surface area (Å²) in [6.45, 7) is 2.22. The molecule has 0 spiro atoms. The smallest absolute Gasteiger partial charge is 0.247 e. The lowest BCUT2D eigenvalue weighted by atomic mass is 9.94. The van der Waals surface area contributed by atoms with Crippen LogP contribution in [0.5, 0.6) is 23.0 Å². The molecule has 0 amide bonds. The van der Waals surface area contributed by atoms with Gasteiger partial charge in [-0.1, -0.05) is 0 Å². The van der Waals surface area contributed by atoms with E-state index >= 15 is 0 Å². The van der Waals surface area contributed by atoms with Crippen LogP contribution < -0.4 is 18.9 Å². The van der Waals surface area contributed by atoms with Crippen LogP contribution >= 0.6 is 0 Å². The lowest BCUT2D eigenvalue weighted by molar-refractivity contribution is 0.316. The second-order valence-corrected chi connectivity index (χ2v) is 8.32. The molecule has 7 nitrogen and oxygen atoms in total. The molecule has 152 valence electrons. The van der Waals surface area contributed by atoms with Crippen molar-refractivity contribution in [1.29, 1.82) is 0 Å². The maximum atomic E-state index is 13.5. The molecule has 1 aliphatic rings. The number of methoxy groups -OCH3 is 4. The van der Waals surface area contributed by atoms with E-state index in [4.69, 9.17) is 18.9 Å². The van der Waals surface area contributed by atoms with Crippen molar-refractivity contribution in [2.24, 2.45) is 0 Å². The van der Waals surface area contributed by atoms with Gasteiger partial charge in [0.1, 0.15) is 16.4 Å². The monoisotopic (exact) mass is 407 g/mol. The Kier molecular flexibility index (Phi) is 5.71. The number of hydrogen-bond acceptors (Lipinski definition) is 6. The highest BCUT2D eigenvalue weighted by molar-refractivity contribution is 7.89. The van der Waals surface area contributed by atoms with Crippen molar-refractivity contribution in [3.63, 3.8) is 0 Å². The Morgan fingerprint density at radius 3 is 2.14 bits per heavy atom. The minimum atomic E-state index is -3.81. The molecule has 0 bridgehead atoms. The molecule has 3 rings (SSSR count). The fourth-order valence-electron chi connectivity index (χ4n) is 3.56. The first-order valence-corrected chi connectivity index (χ1v) is 10.3. The number of benzene rings is 2. The molecule has 2 aromatic carbocycles. The van der Waals surface area contributed by atoms with Crippen LogP contribution in [-0.2, 0) is 16.4 Å². The average Bonchev–Trinajstić information content (AvgIpc) is 2.72. The Labute approximate surface area is 165 Å². The zero-order chi connectivity index (χ0) is 20.5. The van der Waals surface area contributed by atoms with E-state index in [-0.39, 0.29) is 16.7 Å². The van der Waals surface area contributed by atoms with Crippen molar-refractivity contribution in [3.05, 3.63) is 41.5 Å². The highest BCUT2D eigenvalue weighted by atomic mass is 32.2. The van der Waals surface area contributed by atoms with E-state index in [2.05, 4.69) is 0 Å². The van der Waals surface area contributed by atoms with Crippen molar-refractivity contribution in [3.8, 4) is 23.0 Å². The maximum Gasteiger partial charge on any atom is 0.247 e. The van der Waals surface area contributed by atoms with E-state index in [0.717, 1.165) is 11.1 Å². The van der Waals surface area contributed by atoms with Crippen LogP contribution in [0.1, 0.15) is 24.1 Å². The summed E-state index contributed by atoms with van der Waals surface area (Å²) in [6.07, 6.45) is 0.575. The summed E-state index contributed by atoms with van der Waals surface area (Å²) in [6, 6.07) is 8.16. The van der Waals surface area contributed by atoms with Gasteiger partial charge >= 0.3 is 0 Å². The van der Waals surface area contributed by atoms with Crippen molar-refractivity contribution in [2.75, 3.05) is 35.0 Å². The molecule has 1 atom stereocenters. The summed E-state index contributed by atoms with van der Waals surface area (Å²) >= 11 is 0. The van der Waals surface area contributed by atoms with Crippen molar-refractivity contribution in [1.82, 2.24) is 4.31 Å². The fourth-order valence-corrected chi connectivity index (χ4v) is 5.35. The Hall–Kier alpha value is -2.45.